The van der Waals surface area contributed by atoms with Gasteiger partial charge < -0.3 is 15.3 Å². The van der Waals surface area contributed by atoms with Crippen LogP contribution >= 0.6 is 0 Å². The maximum Gasteiger partial charge on any atom is 0.337 e. The summed E-state index contributed by atoms with van der Waals surface area (Å²) in [6.45, 7) is 7.26. The van der Waals surface area contributed by atoms with E-state index in [9.17, 15) is 23.1 Å². The number of hydrogen-bond donors (Lipinski definition) is 3. The highest BCUT2D eigenvalue weighted by atomic mass is 32.2. The van der Waals surface area contributed by atoms with E-state index in [0.717, 1.165) is 18.4 Å². The molecule has 3 N–H and O–H groups in total. The van der Waals surface area contributed by atoms with Crippen LogP contribution in [0, 0.1) is 6.92 Å². The Kier molecular flexibility index (Phi) is 8.51. The van der Waals surface area contributed by atoms with E-state index < -0.39 is 16.0 Å². The van der Waals surface area contributed by atoms with E-state index in [-0.39, 0.29) is 22.1 Å². The Morgan fingerprint density at radius 1 is 1.06 bits per heavy atom. The first kappa shape index (κ1) is 25.5. The predicted molar refractivity (Wildman–Crippen MR) is 132 cm³/mol. The molecule has 0 unspecified atom stereocenters. The molecular formula is C24H32N4O5S. The summed E-state index contributed by atoms with van der Waals surface area (Å²) in [5.41, 5.74) is 1.54. The number of rotatable bonds is 10. The summed E-state index contributed by atoms with van der Waals surface area (Å²) >= 11 is 0. The fourth-order valence-electron chi connectivity index (χ4n) is 3.85. The number of carboxylic acid groups (broad SMARTS) is 1. The molecule has 0 saturated carbocycles. The molecule has 1 amide bonds. The third kappa shape index (κ3) is 6.71. The Bertz CT molecular complexity index is 1130. The van der Waals surface area contributed by atoms with Gasteiger partial charge in [0.1, 0.15) is 0 Å². The first-order valence-corrected chi connectivity index (χ1v) is 12.9. The molecule has 1 heterocycles. The van der Waals surface area contributed by atoms with Gasteiger partial charge in [-0.25, -0.2) is 13.2 Å². The van der Waals surface area contributed by atoms with Gasteiger partial charge in [-0.2, -0.15) is 0 Å². The topological polar surface area (TPSA) is 119 Å². The number of carbonyl (C=O) groups excluding carboxylic acids is 1. The number of aromatic carboxylic acids is 1. The maximum absolute atomic E-state index is 12.7. The van der Waals surface area contributed by atoms with Crippen molar-refractivity contribution in [1.29, 1.82) is 0 Å². The number of carboxylic acids is 1. The van der Waals surface area contributed by atoms with Gasteiger partial charge in [0.15, 0.2) is 0 Å². The van der Waals surface area contributed by atoms with Gasteiger partial charge in [-0.1, -0.05) is 25.5 Å². The van der Waals surface area contributed by atoms with Crippen LogP contribution in [0.15, 0.2) is 47.4 Å². The second kappa shape index (κ2) is 11.3. The number of nitrogens with one attached hydrogen (secondary N) is 2. The molecule has 1 aliphatic heterocycles. The highest BCUT2D eigenvalue weighted by Gasteiger charge is 2.24. The Morgan fingerprint density at radius 3 is 2.44 bits per heavy atom. The van der Waals surface area contributed by atoms with Crippen LogP contribution < -0.4 is 14.9 Å². The molecule has 10 heteroatoms. The van der Waals surface area contributed by atoms with Crippen LogP contribution in [0.2, 0.25) is 0 Å². The number of carbonyl (C=O) groups is 2. The van der Waals surface area contributed by atoms with Gasteiger partial charge in [0.05, 0.1) is 22.7 Å². The third-order valence-electron chi connectivity index (χ3n) is 5.71. The number of aryl methyl sites for hydroxylation is 1. The summed E-state index contributed by atoms with van der Waals surface area (Å²) in [4.78, 5) is 28.1. The zero-order valence-corrected chi connectivity index (χ0v) is 20.4. The minimum Gasteiger partial charge on any atom is -0.478 e. The number of amides is 1. The van der Waals surface area contributed by atoms with Crippen molar-refractivity contribution in [2.24, 2.45) is 0 Å². The summed E-state index contributed by atoms with van der Waals surface area (Å²) < 4.78 is 27.9. The zero-order valence-electron chi connectivity index (χ0n) is 19.6. The molecule has 0 spiro atoms. The number of nitrogens with zero attached hydrogens (tertiary/aromatic N) is 2. The van der Waals surface area contributed by atoms with Gasteiger partial charge in [0, 0.05) is 38.4 Å². The van der Waals surface area contributed by atoms with Gasteiger partial charge >= 0.3 is 5.97 Å². The second-order valence-corrected chi connectivity index (χ2v) is 10.1. The molecule has 0 atom stereocenters. The van der Waals surface area contributed by atoms with Gasteiger partial charge in [0.2, 0.25) is 5.91 Å². The lowest BCUT2D eigenvalue weighted by Crippen LogP contribution is -2.49. The molecule has 184 valence electrons. The van der Waals surface area contributed by atoms with Crippen LogP contribution in [-0.4, -0.2) is 69.6 Å². The third-order valence-corrected chi connectivity index (χ3v) is 7.09. The molecule has 1 saturated heterocycles. The van der Waals surface area contributed by atoms with Crippen molar-refractivity contribution in [2.45, 2.75) is 31.6 Å². The normalized spacial score (nSPS) is 14.6. The lowest BCUT2D eigenvalue weighted by Gasteiger charge is -2.36. The van der Waals surface area contributed by atoms with E-state index in [1.54, 1.807) is 37.3 Å². The van der Waals surface area contributed by atoms with E-state index in [2.05, 4.69) is 17.0 Å². The molecule has 34 heavy (non-hydrogen) atoms. The van der Waals surface area contributed by atoms with Gasteiger partial charge in [0.25, 0.3) is 10.0 Å². The molecular weight excluding hydrogens is 456 g/mol. The molecule has 0 aromatic heterocycles. The quantitative estimate of drug-likeness (QED) is 0.440. The number of benzene rings is 2. The SMILES string of the molecule is CCCCNC(=O)CN1CCN(c2ccc(NS(=O)(=O)c3cccc(C)c3)cc2C(=O)O)CC1. The molecule has 2 aromatic rings. The Balaban J connectivity index is 1.67. The van der Waals surface area contributed by atoms with Gasteiger partial charge in [-0.3, -0.25) is 14.4 Å². The van der Waals surface area contributed by atoms with E-state index in [4.69, 9.17) is 0 Å². The Labute approximate surface area is 200 Å². The standard InChI is InChI=1S/C24H32N4O5S/c1-3-4-10-25-23(29)17-27-11-13-28(14-12-27)22-9-8-19(16-21(22)24(30)31)26-34(32,33)20-7-5-6-18(2)15-20/h5-9,15-16,26H,3-4,10-14,17H2,1-2H3,(H,25,29)(H,30,31). The predicted octanol–water partition coefficient (Wildman–Crippen LogP) is 2.53. The molecule has 0 aliphatic carbocycles. The second-order valence-electron chi connectivity index (χ2n) is 8.43. The molecule has 3 rings (SSSR count). The smallest absolute Gasteiger partial charge is 0.337 e. The monoisotopic (exact) mass is 488 g/mol. The van der Waals surface area contributed by atoms with E-state index >= 15 is 0 Å². The summed E-state index contributed by atoms with van der Waals surface area (Å²) in [5, 5.41) is 12.7. The fourth-order valence-corrected chi connectivity index (χ4v) is 5.01. The minimum atomic E-state index is -3.84. The molecule has 0 bridgehead atoms. The van der Waals surface area contributed by atoms with Crippen molar-refractivity contribution in [1.82, 2.24) is 10.2 Å². The molecule has 1 aliphatic rings. The van der Waals surface area contributed by atoms with E-state index in [1.807, 2.05) is 9.80 Å². The van der Waals surface area contributed by atoms with Crippen molar-refractivity contribution in [2.75, 3.05) is 48.9 Å². The van der Waals surface area contributed by atoms with Crippen LogP contribution in [-0.2, 0) is 14.8 Å². The number of piperazine rings is 1. The number of hydrogen-bond acceptors (Lipinski definition) is 6. The summed E-state index contributed by atoms with van der Waals surface area (Å²) in [6.07, 6.45) is 1.98. The molecule has 0 radical (unpaired) electrons. The molecule has 1 fully saturated rings. The molecule has 2 aromatic carbocycles. The van der Waals surface area contributed by atoms with Crippen LogP contribution in [0.1, 0.15) is 35.7 Å². The average Bonchev–Trinajstić information content (AvgIpc) is 2.79. The maximum atomic E-state index is 12.7. The number of anilines is 2. The number of sulfonamides is 1. The first-order chi connectivity index (χ1) is 16.2. The van der Waals surface area contributed by atoms with Gasteiger partial charge in [-0.05, 0) is 49.2 Å². The Hall–Kier alpha value is -3.11. The van der Waals surface area contributed by atoms with Crippen LogP contribution in [0.3, 0.4) is 0 Å². The zero-order chi connectivity index (χ0) is 24.7. The van der Waals surface area contributed by atoms with Crippen LogP contribution in [0.25, 0.3) is 0 Å². The minimum absolute atomic E-state index is 0.00151. The van der Waals surface area contributed by atoms with Crippen molar-refractivity contribution in [3.05, 3.63) is 53.6 Å². The van der Waals surface area contributed by atoms with Crippen LogP contribution in [0.4, 0.5) is 11.4 Å². The lowest BCUT2D eigenvalue weighted by molar-refractivity contribution is -0.122. The molecule has 9 nitrogen and oxygen atoms in total. The average molecular weight is 489 g/mol. The van der Waals surface area contributed by atoms with E-state index in [0.29, 0.717) is 45.0 Å². The summed E-state index contributed by atoms with van der Waals surface area (Å²) in [6, 6.07) is 11.1. The largest absolute Gasteiger partial charge is 0.478 e. The Morgan fingerprint density at radius 2 is 1.79 bits per heavy atom. The van der Waals surface area contributed by atoms with Crippen LogP contribution in [0.5, 0.6) is 0 Å². The summed E-state index contributed by atoms with van der Waals surface area (Å²) in [7, 11) is -3.84. The van der Waals surface area contributed by atoms with E-state index in [1.165, 1.54) is 12.1 Å². The van der Waals surface area contributed by atoms with Crippen molar-refractivity contribution in [3.63, 3.8) is 0 Å². The fraction of sp³-hybridized carbons (Fsp3) is 0.417. The van der Waals surface area contributed by atoms with Gasteiger partial charge in [-0.15, -0.1) is 0 Å². The highest BCUT2D eigenvalue weighted by molar-refractivity contribution is 7.92. The highest BCUT2D eigenvalue weighted by Crippen LogP contribution is 2.27. The van der Waals surface area contributed by atoms with Crippen molar-refractivity contribution in [3.8, 4) is 0 Å². The number of unbranched alkanes of at least 4 members (excludes halogenated alkanes) is 1. The summed E-state index contributed by atoms with van der Waals surface area (Å²) in [5.74, 6) is -1.14. The van der Waals surface area contributed by atoms with Crippen molar-refractivity contribution < 1.29 is 23.1 Å². The first-order valence-electron chi connectivity index (χ1n) is 11.4. The van der Waals surface area contributed by atoms with Crippen molar-refractivity contribution >= 4 is 33.3 Å². The lowest BCUT2D eigenvalue weighted by atomic mass is 10.1.